The molecule has 1 saturated carbocycles. The number of nitrogens with one attached hydrogen (secondary N) is 1. The van der Waals surface area contributed by atoms with E-state index < -0.39 is 0 Å². The number of hydrogen-bond acceptors (Lipinski definition) is 4. The normalized spacial score (nSPS) is 18.8. The molecule has 19 heavy (non-hydrogen) atoms. The highest BCUT2D eigenvalue weighted by Gasteiger charge is 2.35. The zero-order chi connectivity index (χ0) is 14.0. The zero-order valence-corrected chi connectivity index (χ0v) is 13.5. The first-order valence-corrected chi connectivity index (χ1v) is 7.66. The number of nitrogens with two attached hydrogens (primary N) is 1. The molecule has 0 saturated heterocycles. The number of likely N-dealkylation sites (N-methyl/N-ethyl adjacent to an activating group) is 1. The first kappa shape index (κ1) is 15.0. The van der Waals surface area contributed by atoms with Crippen LogP contribution in [-0.4, -0.2) is 35.3 Å². The SMILES string of the molecule is CC(C1CC1)C(NN)c1c(Br)cnn1CCN(C)C. The second-order valence-corrected chi connectivity index (χ2v) is 6.60. The summed E-state index contributed by atoms with van der Waals surface area (Å²) < 4.78 is 3.11. The molecule has 1 aliphatic rings. The van der Waals surface area contributed by atoms with Crippen LogP contribution in [0.4, 0.5) is 0 Å². The van der Waals surface area contributed by atoms with Crippen molar-refractivity contribution < 1.29 is 0 Å². The molecule has 1 aliphatic carbocycles. The van der Waals surface area contributed by atoms with Crippen molar-refractivity contribution in [1.29, 1.82) is 0 Å². The summed E-state index contributed by atoms with van der Waals surface area (Å²) in [6.45, 7) is 4.12. The molecule has 0 bridgehead atoms. The molecular weight excluding hydrogens is 306 g/mol. The molecule has 0 amide bonds. The van der Waals surface area contributed by atoms with Crippen molar-refractivity contribution in [3.8, 4) is 0 Å². The molecule has 1 heterocycles. The quantitative estimate of drug-likeness (QED) is 0.591. The van der Waals surface area contributed by atoms with E-state index in [4.69, 9.17) is 5.84 Å². The molecule has 0 spiro atoms. The average molecular weight is 330 g/mol. The minimum atomic E-state index is 0.159. The Kier molecular flexibility index (Phi) is 5.00. The summed E-state index contributed by atoms with van der Waals surface area (Å²) in [5.41, 5.74) is 4.16. The molecule has 0 aliphatic heterocycles. The monoisotopic (exact) mass is 329 g/mol. The average Bonchev–Trinajstić information content (AvgIpc) is 3.15. The molecule has 3 N–H and O–H groups in total. The number of aromatic nitrogens is 2. The lowest BCUT2D eigenvalue weighted by Crippen LogP contribution is -2.35. The molecule has 2 rings (SSSR count). The van der Waals surface area contributed by atoms with Crippen molar-refractivity contribution in [3.63, 3.8) is 0 Å². The largest absolute Gasteiger partial charge is 0.308 e. The van der Waals surface area contributed by atoms with E-state index in [1.807, 2.05) is 6.20 Å². The van der Waals surface area contributed by atoms with Crippen LogP contribution in [0.5, 0.6) is 0 Å². The third kappa shape index (κ3) is 3.56. The van der Waals surface area contributed by atoms with Crippen molar-refractivity contribution in [2.24, 2.45) is 17.7 Å². The van der Waals surface area contributed by atoms with E-state index in [0.717, 1.165) is 23.5 Å². The smallest absolute Gasteiger partial charge is 0.0712 e. The van der Waals surface area contributed by atoms with Gasteiger partial charge in [-0.1, -0.05) is 6.92 Å². The van der Waals surface area contributed by atoms with Gasteiger partial charge in [0.1, 0.15) is 0 Å². The zero-order valence-electron chi connectivity index (χ0n) is 11.9. The van der Waals surface area contributed by atoms with Crippen LogP contribution in [0.1, 0.15) is 31.5 Å². The molecule has 2 unspecified atom stereocenters. The van der Waals surface area contributed by atoms with Crippen molar-refractivity contribution in [3.05, 3.63) is 16.4 Å². The Bertz CT molecular complexity index is 413. The summed E-state index contributed by atoms with van der Waals surface area (Å²) in [5.74, 6) is 7.14. The Morgan fingerprint density at radius 2 is 2.26 bits per heavy atom. The van der Waals surface area contributed by atoms with Gasteiger partial charge in [0.05, 0.1) is 29.0 Å². The summed E-state index contributed by atoms with van der Waals surface area (Å²) in [6.07, 6.45) is 4.51. The van der Waals surface area contributed by atoms with Crippen LogP contribution in [0, 0.1) is 11.8 Å². The van der Waals surface area contributed by atoms with Gasteiger partial charge in [0.2, 0.25) is 0 Å². The maximum atomic E-state index is 5.80. The predicted octanol–water partition coefficient (Wildman–Crippen LogP) is 1.76. The summed E-state index contributed by atoms with van der Waals surface area (Å²) in [6, 6.07) is 0.159. The molecule has 6 heteroatoms. The standard InChI is InChI=1S/C13H24BrN5/c1-9(10-4-5-10)12(17-15)13-11(14)8-16-19(13)7-6-18(2)3/h8-10,12,17H,4-7,15H2,1-3H3. The first-order chi connectivity index (χ1) is 9.04. The van der Waals surface area contributed by atoms with Crippen LogP contribution in [0.25, 0.3) is 0 Å². The van der Waals surface area contributed by atoms with Crippen LogP contribution >= 0.6 is 15.9 Å². The Morgan fingerprint density at radius 3 is 2.79 bits per heavy atom. The molecule has 1 aromatic rings. The fourth-order valence-electron chi connectivity index (χ4n) is 2.53. The van der Waals surface area contributed by atoms with Gasteiger partial charge >= 0.3 is 0 Å². The van der Waals surface area contributed by atoms with Gasteiger partial charge in [-0.2, -0.15) is 5.10 Å². The molecule has 108 valence electrons. The van der Waals surface area contributed by atoms with E-state index in [-0.39, 0.29) is 6.04 Å². The molecule has 2 atom stereocenters. The number of rotatable bonds is 7. The van der Waals surface area contributed by atoms with E-state index in [9.17, 15) is 0 Å². The van der Waals surface area contributed by atoms with E-state index in [0.29, 0.717) is 5.92 Å². The van der Waals surface area contributed by atoms with E-state index in [1.165, 1.54) is 18.5 Å². The molecular formula is C13H24BrN5. The van der Waals surface area contributed by atoms with Crippen LogP contribution in [0.2, 0.25) is 0 Å². The van der Waals surface area contributed by atoms with Crippen molar-refractivity contribution >= 4 is 15.9 Å². The van der Waals surface area contributed by atoms with Gasteiger partial charge in [0.25, 0.3) is 0 Å². The minimum Gasteiger partial charge on any atom is -0.308 e. The van der Waals surface area contributed by atoms with Gasteiger partial charge in [0.15, 0.2) is 0 Å². The second kappa shape index (κ2) is 6.35. The third-order valence-electron chi connectivity index (χ3n) is 3.96. The van der Waals surface area contributed by atoms with Crippen LogP contribution in [-0.2, 0) is 6.54 Å². The van der Waals surface area contributed by atoms with Crippen molar-refractivity contribution in [2.75, 3.05) is 20.6 Å². The summed E-state index contributed by atoms with van der Waals surface area (Å²) >= 11 is 3.61. The third-order valence-corrected chi connectivity index (χ3v) is 4.57. The fourth-order valence-corrected chi connectivity index (χ4v) is 3.07. The van der Waals surface area contributed by atoms with Gasteiger partial charge < -0.3 is 4.90 Å². The topological polar surface area (TPSA) is 59.1 Å². The molecule has 1 aromatic heterocycles. The number of hydrogen-bond donors (Lipinski definition) is 2. The fraction of sp³-hybridized carbons (Fsp3) is 0.769. The second-order valence-electron chi connectivity index (χ2n) is 5.75. The predicted molar refractivity (Wildman–Crippen MR) is 80.4 cm³/mol. The van der Waals surface area contributed by atoms with Gasteiger partial charge in [0, 0.05) is 6.54 Å². The lowest BCUT2D eigenvalue weighted by Gasteiger charge is -2.25. The van der Waals surface area contributed by atoms with Gasteiger partial charge in [-0.25, -0.2) is 0 Å². The van der Waals surface area contributed by atoms with Crippen LogP contribution in [0.15, 0.2) is 10.7 Å². The Morgan fingerprint density at radius 1 is 1.58 bits per heavy atom. The summed E-state index contributed by atoms with van der Waals surface area (Å²) in [7, 11) is 4.15. The first-order valence-electron chi connectivity index (χ1n) is 6.86. The number of hydrazine groups is 1. The van der Waals surface area contributed by atoms with Gasteiger partial charge in [-0.15, -0.1) is 0 Å². The van der Waals surface area contributed by atoms with Crippen molar-refractivity contribution in [1.82, 2.24) is 20.1 Å². The maximum Gasteiger partial charge on any atom is 0.0712 e. The molecule has 0 aromatic carbocycles. The maximum absolute atomic E-state index is 5.80. The van der Waals surface area contributed by atoms with Crippen molar-refractivity contribution in [2.45, 2.75) is 32.4 Å². The lowest BCUT2D eigenvalue weighted by molar-refractivity contribution is 0.317. The number of halogens is 1. The summed E-state index contributed by atoms with van der Waals surface area (Å²) in [5, 5.41) is 4.47. The van der Waals surface area contributed by atoms with E-state index in [2.05, 4.69) is 57.1 Å². The van der Waals surface area contributed by atoms with Gasteiger partial charge in [-0.05, 0) is 54.7 Å². The number of nitrogens with zero attached hydrogens (tertiary/aromatic N) is 3. The molecule has 0 radical (unpaired) electrons. The highest BCUT2D eigenvalue weighted by atomic mass is 79.9. The van der Waals surface area contributed by atoms with E-state index >= 15 is 0 Å². The van der Waals surface area contributed by atoms with E-state index in [1.54, 1.807) is 0 Å². The molecule has 1 fully saturated rings. The Labute approximate surface area is 123 Å². The highest BCUT2D eigenvalue weighted by Crippen LogP contribution is 2.43. The van der Waals surface area contributed by atoms with Crippen LogP contribution < -0.4 is 11.3 Å². The summed E-state index contributed by atoms with van der Waals surface area (Å²) in [4.78, 5) is 2.16. The Hall–Kier alpha value is -0.430. The Balaban J connectivity index is 2.17. The lowest BCUT2D eigenvalue weighted by atomic mass is 9.94. The minimum absolute atomic E-state index is 0.159. The molecule has 5 nitrogen and oxygen atoms in total. The highest BCUT2D eigenvalue weighted by molar-refractivity contribution is 9.10. The van der Waals surface area contributed by atoms with Gasteiger partial charge in [-0.3, -0.25) is 16.0 Å². The van der Waals surface area contributed by atoms with Crippen LogP contribution in [0.3, 0.4) is 0 Å².